The van der Waals surface area contributed by atoms with Crippen molar-refractivity contribution in [2.24, 2.45) is 4.99 Å². The lowest BCUT2D eigenvalue weighted by Gasteiger charge is -2.39. The van der Waals surface area contributed by atoms with Crippen LogP contribution < -0.4 is 5.32 Å². The van der Waals surface area contributed by atoms with Crippen molar-refractivity contribution in [3.63, 3.8) is 0 Å². The minimum Gasteiger partial charge on any atom is -0.444 e. The number of nitrogens with one attached hydrogen (secondary N) is 1. The van der Waals surface area contributed by atoms with Crippen LogP contribution in [0.2, 0.25) is 0 Å². The second kappa shape index (κ2) is 10.8. The molecule has 31 heavy (non-hydrogen) atoms. The van der Waals surface area contributed by atoms with Crippen molar-refractivity contribution in [2.75, 3.05) is 33.2 Å². The minimum absolute atomic E-state index is 0. The van der Waals surface area contributed by atoms with Gasteiger partial charge < -0.3 is 19.9 Å². The lowest BCUT2D eigenvalue weighted by Crippen LogP contribution is -2.57. The van der Waals surface area contributed by atoms with Gasteiger partial charge in [0.1, 0.15) is 5.60 Å². The quantitative estimate of drug-likeness (QED) is 0.577. The van der Waals surface area contributed by atoms with Crippen LogP contribution in [0, 0.1) is 0 Å². The second-order valence-electron chi connectivity index (χ2n) is 9.57. The summed E-state index contributed by atoms with van der Waals surface area (Å²) in [4.78, 5) is 23.6. The summed E-state index contributed by atoms with van der Waals surface area (Å²) in [6.07, 6.45) is -0.230. The molecule has 1 saturated heterocycles. The number of piperazine rings is 1. The van der Waals surface area contributed by atoms with Gasteiger partial charge in [-0.25, -0.2) is 4.79 Å². The molecule has 0 aromatic heterocycles. The average Bonchev–Trinajstić information content (AvgIpc) is 3.08. The normalized spacial score (nSPS) is 18.6. The molecule has 0 saturated carbocycles. The first kappa shape index (κ1) is 25.7. The average molecular weight is 543 g/mol. The number of halogens is 1. The molecule has 0 aliphatic carbocycles. The topological polar surface area (TPSA) is 60.4 Å². The van der Waals surface area contributed by atoms with Gasteiger partial charge in [0.2, 0.25) is 0 Å². The molecule has 7 nitrogen and oxygen atoms in total. The van der Waals surface area contributed by atoms with E-state index in [2.05, 4.69) is 60.3 Å². The third kappa shape index (κ3) is 6.97. The van der Waals surface area contributed by atoms with Crippen LogP contribution in [0.4, 0.5) is 4.79 Å². The van der Waals surface area contributed by atoms with Gasteiger partial charge in [0.15, 0.2) is 5.96 Å². The Labute approximate surface area is 204 Å². The predicted octanol–water partition coefficient (Wildman–Crippen LogP) is 3.53. The van der Waals surface area contributed by atoms with Crippen LogP contribution in [0.5, 0.6) is 0 Å². The highest BCUT2D eigenvalue weighted by Crippen LogP contribution is 2.19. The molecule has 1 fully saturated rings. The zero-order valence-corrected chi connectivity index (χ0v) is 22.1. The number of rotatable bonds is 5. The Bertz CT molecular complexity index is 777. The molecule has 2 aliphatic heterocycles. The smallest absolute Gasteiger partial charge is 0.410 e. The molecular formula is C23H38IN5O2. The Morgan fingerprint density at radius 3 is 2.58 bits per heavy atom. The van der Waals surface area contributed by atoms with Crippen molar-refractivity contribution >= 4 is 36.0 Å². The first-order valence-corrected chi connectivity index (χ1v) is 10.9. The Morgan fingerprint density at radius 1 is 1.26 bits per heavy atom. The molecule has 1 amide bonds. The van der Waals surface area contributed by atoms with E-state index in [9.17, 15) is 4.79 Å². The maximum absolute atomic E-state index is 12.4. The van der Waals surface area contributed by atoms with Gasteiger partial charge in [-0.15, -0.1) is 24.0 Å². The van der Waals surface area contributed by atoms with E-state index < -0.39 is 5.60 Å². The summed E-state index contributed by atoms with van der Waals surface area (Å²) in [7, 11) is 2.16. The molecule has 0 bridgehead atoms. The first-order valence-electron chi connectivity index (χ1n) is 10.9. The number of amides is 1. The standard InChI is InChI=1S/C23H37N5O2.HI/c1-17(2)26(6)15-19-10-8-7-9-18(19)13-24-21-25-14-20-16-27(11-12-28(20)21)22(29)30-23(3,4)5;/h7-10,17,20H,11-16H2,1-6H3,(H,24,25);1H. The number of aliphatic imine (C=N–C) groups is 1. The minimum atomic E-state index is -0.468. The van der Waals surface area contributed by atoms with Crippen LogP contribution in [0.15, 0.2) is 29.3 Å². The molecule has 2 heterocycles. The molecule has 3 rings (SSSR count). The van der Waals surface area contributed by atoms with E-state index in [1.807, 2.05) is 25.7 Å². The zero-order valence-electron chi connectivity index (χ0n) is 19.7. The number of hydrogen-bond acceptors (Lipinski definition) is 6. The highest BCUT2D eigenvalue weighted by atomic mass is 127. The van der Waals surface area contributed by atoms with E-state index in [1.54, 1.807) is 0 Å². The fraction of sp³-hybridized carbons (Fsp3) is 0.652. The molecular weight excluding hydrogens is 505 g/mol. The lowest BCUT2D eigenvalue weighted by molar-refractivity contribution is 0.0137. The van der Waals surface area contributed by atoms with Crippen molar-refractivity contribution in [3.8, 4) is 0 Å². The Hall–Kier alpha value is -1.55. The Kier molecular flexibility index (Phi) is 9.00. The van der Waals surface area contributed by atoms with Gasteiger partial charge in [0, 0.05) is 38.8 Å². The van der Waals surface area contributed by atoms with Crippen molar-refractivity contribution in [1.82, 2.24) is 20.0 Å². The lowest BCUT2D eigenvalue weighted by atomic mass is 10.1. The van der Waals surface area contributed by atoms with Gasteiger partial charge in [-0.2, -0.15) is 0 Å². The molecule has 0 spiro atoms. The summed E-state index contributed by atoms with van der Waals surface area (Å²) in [6, 6.07) is 9.31. The van der Waals surface area contributed by atoms with Gasteiger partial charge in [0.05, 0.1) is 12.6 Å². The maximum atomic E-state index is 12.4. The summed E-state index contributed by atoms with van der Waals surface area (Å²) in [5, 5.41) is 3.54. The number of carbonyl (C=O) groups is 1. The van der Waals surface area contributed by atoms with Crippen LogP contribution in [-0.4, -0.2) is 77.7 Å². The number of carbonyl (C=O) groups excluding carboxylic acids is 1. The third-order valence-corrected chi connectivity index (χ3v) is 5.71. The predicted molar refractivity (Wildman–Crippen MR) is 136 cm³/mol. The molecule has 1 atom stereocenters. The van der Waals surface area contributed by atoms with Crippen LogP contribution in [0.1, 0.15) is 45.7 Å². The van der Waals surface area contributed by atoms with Gasteiger partial charge in [-0.3, -0.25) is 9.89 Å². The highest BCUT2D eigenvalue weighted by molar-refractivity contribution is 14.0. The van der Waals surface area contributed by atoms with Crippen molar-refractivity contribution in [1.29, 1.82) is 0 Å². The number of benzene rings is 1. The number of hydrogen-bond donors (Lipinski definition) is 1. The molecule has 1 N–H and O–H groups in total. The van der Waals surface area contributed by atoms with Crippen molar-refractivity contribution in [3.05, 3.63) is 35.4 Å². The molecule has 1 unspecified atom stereocenters. The fourth-order valence-corrected chi connectivity index (χ4v) is 3.73. The van der Waals surface area contributed by atoms with E-state index >= 15 is 0 Å². The largest absolute Gasteiger partial charge is 0.444 e. The van der Waals surface area contributed by atoms with Crippen LogP contribution in [0.3, 0.4) is 0 Å². The number of guanidine groups is 1. The fourth-order valence-electron chi connectivity index (χ4n) is 3.73. The first-order chi connectivity index (χ1) is 14.1. The number of ether oxygens (including phenoxy) is 1. The van der Waals surface area contributed by atoms with Crippen LogP contribution >= 0.6 is 24.0 Å². The molecule has 1 aromatic carbocycles. The molecule has 1 aromatic rings. The number of fused-ring (bicyclic) bond motifs is 1. The SMILES string of the molecule is CC(C)N(C)Cc1ccccc1CNC1=NCC2CN(C(=O)OC(C)(C)C)CCN12.I. The van der Waals surface area contributed by atoms with Gasteiger partial charge >= 0.3 is 6.09 Å². The van der Waals surface area contributed by atoms with Gasteiger partial charge in [-0.1, -0.05) is 24.3 Å². The summed E-state index contributed by atoms with van der Waals surface area (Å²) in [6.45, 7) is 14.6. The van der Waals surface area contributed by atoms with Crippen molar-refractivity contribution < 1.29 is 9.53 Å². The maximum Gasteiger partial charge on any atom is 0.410 e. The summed E-state index contributed by atoms with van der Waals surface area (Å²) >= 11 is 0. The Balaban J connectivity index is 0.00000341. The van der Waals surface area contributed by atoms with E-state index in [0.29, 0.717) is 25.7 Å². The second-order valence-corrected chi connectivity index (χ2v) is 9.57. The zero-order chi connectivity index (χ0) is 21.9. The molecule has 2 aliphatic rings. The Morgan fingerprint density at radius 2 is 1.94 bits per heavy atom. The van der Waals surface area contributed by atoms with Gasteiger partial charge in [0.25, 0.3) is 0 Å². The summed E-state index contributed by atoms with van der Waals surface area (Å²) < 4.78 is 5.53. The highest BCUT2D eigenvalue weighted by Gasteiger charge is 2.36. The molecule has 8 heteroatoms. The number of nitrogens with zero attached hydrogens (tertiary/aromatic N) is 4. The van der Waals surface area contributed by atoms with E-state index in [4.69, 9.17) is 9.73 Å². The van der Waals surface area contributed by atoms with E-state index in [-0.39, 0.29) is 36.1 Å². The van der Waals surface area contributed by atoms with Gasteiger partial charge in [-0.05, 0) is 52.8 Å². The molecule has 0 radical (unpaired) electrons. The van der Waals surface area contributed by atoms with E-state index in [1.165, 1.54) is 11.1 Å². The van der Waals surface area contributed by atoms with Crippen LogP contribution in [-0.2, 0) is 17.8 Å². The van der Waals surface area contributed by atoms with Crippen LogP contribution in [0.25, 0.3) is 0 Å². The van der Waals surface area contributed by atoms with E-state index in [0.717, 1.165) is 25.6 Å². The summed E-state index contributed by atoms with van der Waals surface area (Å²) in [5.74, 6) is 0.941. The van der Waals surface area contributed by atoms with Crippen molar-refractivity contribution in [2.45, 2.75) is 65.4 Å². The monoisotopic (exact) mass is 543 g/mol. The third-order valence-electron chi connectivity index (χ3n) is 5.71. The summed E-state index contributed by atoms with van der Waals surface area (Å²) in [5.41, 5.74) is 2.17. The molecule has 174 valence electrons.